The van der Waals surface area contributed by atoms with Gasteiger partial charge in [-0.25, -0.2) is 14.3 Å². The number of carbonyl (C=O) groups excluding carboxylic acids is 2. The molecule has 0 aliphatic rings. The minimum atomic E-state index is -0.710. The van der Waals surface area contributed by atoms with Crippen LogP contribution in [0.15, 0.2) is 18.5 Å². The summed E-state index contributed by atoms with van der Waals surface area (Å²) in [4.78, 5) is 27.5. The summed E-state index contributed by atoms with van der Waals surface area (Å²) < 4.78 is 12.9. The Bertz CT molecular complexity index is 787. The van der Waals surface area contributed by atoms with Crippen LogP contribution in [0, 0.1) is 0 Å². The lowest BCUT2D eigenvalue weighted by molar-refractivity contribution is -0.0554. The molecule has 0 saturated carbocycles. The van der Waals surface area contributed by atoms with Gasteiger partial charge in [-0.1, -0.05) is 0 Å². The van der Waals surface area contributed by atoms with E-state index in [1.54, 1.807) is 12.3 Å². The van der Waals surface area contributed by atoms with Crippen LogP contribution in [-0.4, -0.2) is 44.7 Å². The van der Waals surface area contributed by atoms with Crippen molar-refractivity contribution in [1.29, 1.82) is 0 Å². The number of hydrogen-bond acceptors (Lipinski definition) is 6. The molecular weight excluding hydrogens is 336 g/mol. The van der Waals surface area contributed by atoms with Crippen LogP contribution in [-0.2, 0) is 9.47 Å². The molecule has 1 N–H and O–H groups in total. The number of imidazole rings is 1. The standard InChI is InChI=1S/C18H26N4O4/c1-17(2,3)21-16(24)26-14(11-25-18(4,5)6)13-9-22-15(20-13)7-12(10-23)8-19-22/h7-10,14H,11H2,1-6H3,(H,21,24)/t14-/m0/s1. The van der Waals surface area contributed by atoms with E-state index in [0.29, 0.717) is 23.2 Å². The van der Waals surface area contributed by atoms with Crippen LogP contribution in [0.3, 0.4) is 0 Å². The topological polar surface area (TPSA) is 94.8 Å². The van der Waals surface area contributed by atoms with E-state index in [1.807, 2.05) is 41.5 Å². The molecule has 0 fully saturated rings. The first-order valence-corrected chi connectivity index (χ1v) is 8.40. The first-order valence-electron chi connectivity index (χ1n) is 8.40. The van der Waals surface area contributed by atoms with Crippen molar-refractivity contribution in [1.82, 2.24) is 19.9 Å². The van der Waals surface area contributed by atoms with E-state index in [0.717, 1.165) is 0 Å². The molecule has 8 heteroatoms. The van der Waals surface area contributed by atoms with Crippen molar-refractivity contribution in [2.75, 3.05) is 6.61 Å². The van der Waals surface area contributed by atoms with Gasteiger partial charge in [0, 0.05) is 11.1 Å². The van der Waals surface area contributed by atoms with Crippen molar-refractivity contribution in [2.24, 2.45) is 0 Å². The second-order valence-electron chi connectivity index (χ2n) is 8.07. The number of rotatable bonds is 5. The van der Waals surface area contributed by atoms with Crippen LogP contribution < -0.4 is 5.32 Å². The summed E-state index contributed by atoms with van der Waals surface area (Å²) in [5.74, 6) is 0. The molecule has 1 atom stereocenters. The predicted molar refractivity (Wildman–Crippen MR) is 96.2 cm³/mol. The zero-order chi connectivity index (χ0) is 19.5. The highest BCUT2D eigenvalue weighted by molar-refractivity contribution is 5.75. The van der Waals surface area contributed by atoms with Crippen LogP contribution in [0.4, 0.5) is 4.79 Å². The van der Waals surface area contributed by atoms with Gasteiger partial charge in [-0.2, -0.15) is 5.10 Å². The van der Waals surface area contributed by atoms with Gasteiger partial charge in [0.05, 0.1) is 24.6 Å². The number of ether oxygens (including phenoxy) is 2. The molecule has 0 aliphatic carbocycles. The molecule has 0 aromatic carbocycles. The third-order valence-corrected chi connectivity index (χ3v) is 3.22. The number of fused-ring (bicyclic) bond motifs is 1. The predicted octanol–water partition coefficient (Wildman–Crippen LogP) is 2.92. The molecule has 0 bridgehead atoms. The molecule has 0 radical (unpaired) electrons. The summed E-state index contributed by atoms with van der Waals surface area (Å²) in [6.45, 7) is 11.5. The van der Waals surface area contributed by atoms with Crippen molar-refractivity contribution >= 4 is 18.0 Å². The number of aromatic nitrogens is 3. The van der Waals surface area contributed by atoms with Gasteiger partial charge >= 0.3 is 6.09 Å². The molecule has 142 valence electrons. The lowest BCUT2D eigenvalue weighted by atomic mass is 10.1. The normalized spacial score (nSPS) is 13.5. The molecule has 8 nitrogen and oxygen atoms in total. The monoisotopic (exact) mass is 362 g/mol. The number of carbonyl (C=O) groups is 2. The van der Waals surface area contributed by atoms with Gasteiger partial charge in [-0.15, -0.1) is 0 Å². The largest absolute Gasteiger partial charge is 0.437 e. The highest BCUT2D eigenvalue weighted by atomic mass is 16.6. The number of amides is 1. The summed E-state index contributed by atoms with van der Waals surface area (Å²) in [7, 11) is 0. The molecule has 0 spiro atoms. The van der Waals surface area contributed by atoms with Gasteiger partial charge in [0.15, 0.2) is 18.0 Å². The maximum Gasteiger partial charge on any atom is 0.408 e. The van der Waals surface area contributed by atoms with Gasteiger partial charge in [0.25, 0.3) is 0 Å². The fourth-order valence-corrected chi connectivity index (χ4v) is 2.10. The van der Waals surface area contributed by atoms with E-state index >= 15 is 0 Å². The molecule has 0 unspecified atom stereocenters. The van der Waals surface area contributed by atoms with Crippen molar-refractivity contribution in [3.05, 3.63) is 29.7 Å². The molecule has 0 aliphatic heterocycles. The summed E-state index contributed by atoms with van der Waals surface area (Å²) >= 11 is 0. The van der Waals surface area contributed by atoms with Crippen LogP contribution in [0.2, 0.25) is 0 Å². The van der Waals surface area contributed by atoms with Crippen molar-refractivity contribution in [3.8, 4) is 0 Å². The van der Waals surface area contributed by atoms with Gasteiger partial charge in [-0.05, 0) is 47.6 Å². The molecule has 2 rings (SSSR count). The van der Waals surface area contributed by atoms with Gasteiger partial charge in [-0.3, -0.25) is 4.79 Å². The first kappa shape index (κ1) is 19.8. The summed E-state index contributed by atoms with van der Waals surface area (Å²) in [6.07, 6.45) is 2.54. The van der Waals surface area contributed by atoms with Crippen molar-refractivity contribution < 1.29 is 19.1 Å². The Labute approximate surface area is 152 Å². The molecule has 1 amide bonds. The first-order chi connectivity index (χ1) is 12.0. The lowest BCUT2D eigenvalue weighted by Crippen LogP contribution is -2.42. The van der Waals surface area contributed by atoms with Crippen LogP contribution >= 0.6 is 0 Å². The van der Waals surface area contributed by atoms with Crippen LogP contribution in [0.1, 0.15) is 63.7 Å². The number of nitrogens with zero attached hydrogens (tertiary/aromatic N) is 3. The number of aldehydes is 1. The zero-order valence-electron chi connectivity index (χ0n) is 16.1. The zero-order valence-corrected chi connectivity index (χ0v) is 16.1. The van der Waals surface area contributed by atoms with Gasteiger partial charge in [0.2, 0.25) is 0 Å². The SMILES string of the molecule is CC(C)(C)NC(=O)O[C@@H](COC(C)(C)C)c1cn2ncc(C=O)cc2n1. The maximum absolute atomic E-state index is 12.2. The fraction of sp³-hybridized carbons (Fsp3) is 0.556. The highest BCUT2D eigenvalue weighted by Crippen LogP contribution is 2.21. The minimum Gasteiger partial charge on any atom is -0.437 e. The maximum atomic E-state index is 12.2. The summed E-state index contributed by atoms with van der Waals surface area (Å²) in [6, 6.07) is 1.61. The van der Waals surface area contributed by atoms with E-state index in [1.165, 1.54) is 10.7 Å². The molecular formula is C18H26N4O4. The van der Waals surface area contributed by atoms with Gasteiger partial charge in [0.1, 0.15) is 5.69 Å². The molecule has 26 heavy (non-hydrogen) atoms. The van der Waals surface area contributed by atoms with Crippen molar-refractivity contribution in [3.63, 3.8) is 0 Å². The Morgan fingerprint density at radius 2 is 2.00 bits per heavy atom. The Morgan fingerprint density at radius 1 is 1.31 bits per heavy atom. The Hall–Kier alpha value is -2.48. The highest BCUT2D eigenvalue weighted by Gasteiger charge is 2.25. The van der Waals surface area contributed by atoms with E-state index in [-0.39, 0.29) is 6.61 Å². The number of nitrogens with one attached hydrogen (secondary N) is 1. The number of alkyl carbamates (subject to hydrolysis) is 1. The lowest BCUT2D eigenvalue weighted by Gasteiger charge is -2.26. The third-order valence-electron chi connectivity index (χ3n) is 3.22. The molecule has 2 heterocycles. The molecule has 0 saturated heterocycles. The summed E-state index contributed by atoms with van der Waals surface area (Å²) in [5.41, 5.74) is 0.582. The Balaban J connectivity index is 2.27. The molecule has 2 aromatic heterocycles. The number of hydrogen-bond donors (Lipinski definition) is 1. The van der Waals surface area contributed by atoms with E-state index in [9.17, 15) is 9.59 Å². The van der Waals surface area contributed by atoms with E-state index < -0.39 is 23.3 Å². The Kier molecular flexibility index (Phi) is 5.65. The third kappa shape index (κ3) is 5.80. The van der Waals surface area contributed by atoms with E-state index in [2.05, 4.69) is 15.4 Å². The quantitative estimate of drug-likeness (QED) is 0.822. The smallest absolute Gasteiger partial charge is 0.408 e. The Morgan fingerprint density at radius 3 is 2.58 bits per heavy atom. The van der Waals surface area contributed by atoms with Crippen molar-refractivity contribution in [2.45, 2.75) is 58.8 Å². The second kappa shape index (κ2) is 7.41. The minimum absolute atomic E-state index is 0.144. The van der Waals surface area contributed by atoms with Gasteiger partial charge < -0.3 is 14.8 Å². The second-order valence-corrected chi connectivity index (χ2v) is 8.07. The van der Waals surface area contributed by atoms with Crippen LogP contribution in [0.5, 0.6) is 0 Å². The molecule has 2 aromatic rings. The average Bonchev–Trinajstić information content (AvgIpc) is 2.91. The van der Waals surface area contributed by atoms with E-state index in [4.69, 9.17) is 9.47 Å². The fourth-order valence-electron chi connectivity index (χ4n) is 2.10. The summed E-state index contributed by atoms with van der Waals surface area (Å²) in [5, 5.41) is 6.88. The van der Waals surface area contributed by atoms with Crippen LogP contribution in [0.25, 0.3) is 5.65 Å². The average molecular weight is 362 g/mol.